The minimum absolute atomic E-state index is 0.177. The normalized spacial score (nSPS) is 15.1. The molecule has 0 bridgehead atoms. The molecular formula is C12H21N5O2S. The van der Waals surface area contributed by atoms with Crippen molar-refractivity contribution < 1.29 is 8.42 Å². The van der Waals surface area contributed by atoms with E-state index >= 15 is 0 Å². The zero-order valence-corrected chi connectivity index (χ0v) is 12.6. The van der Waals surface area contributed by atoms with Gasteiger partial charge in [-0.1, -0.05) is 0 Å². The smallest absolute Gasteiger partial charge is 0.214 e. The molecular weight excluding hydrogens is 278 g/mol. The van der Waals surface area contributed by atoms with Crippen LogP contribution < -0.4 is 15.4 Å². The number of sulfonamides is 1. The van der Waals surface area contributed by atoms with E-state index in [1.165, 1.54) is 0 Å². The maximum Gasteiger partial charge on any atom is 0.214 e. The van der Waals surface area contributed by atoms with Gasteiger partial charge in [-0.25, -0.2) is 23.1 Å². The molecule has 8 heteroatoms. The van der Waals surface area contributed by atoms with Gasteiger partial charge >= 0.3 is 0 Å². The van der Waals surface area contributed by atoms with E-state index in [1.54, 1.807) is 0 Å². The highest BCUT2D eigenvalue weighted by Crippen LogP contribution is 2.27. The van der Waals surface area contributed by atoms with E-state index in [4.69, 9.17) is 0 Å². The van der Waals surface area contributed by atoms with Gasteiger partial charge in [0.2, 0.25) is 10.0 Å². The average molecular weight is 299 g/mol. The lowest BCUT2D eigenvalue weighted by molar-refractivity contribution is 0.581. The van der Waals surface area contributed by atoms with Crippen LogP contribution in [0, 0.1) is 6.92 Å². The fourth-order valence-corrected chi connectivity index (χ4v) is 3.19. The van der Waals surface area contributed by atoms with Gasteiger partial charge in [0, 0.05) is 25.7 Å². The van der Waals surface area contributed by atoms with Gasteiger partial charge in [0.05, 0.1) is 5.25 Å². The molecule has 0 spiro atoms. The van der Waals surface area contributed by atoms with Crippen molar-refractivity contribution in [3.05, 3.63) is 11.9 Å². The SMILES string of the molecule is CCNc1cc(NCCNS(=O)(=O)C2CC2)nc(C)n1. The van der Waals surface area contributed by atoms with Crippen molar-refractivity contribution in [1.29, 1.82) is 0 Å². The summed E-state index contributed by atoms with van der Waals surface area (Å²) in [6, 6.07) is 1.81. The third-order valence-electron chi connectivity index (χ3n) is 2.89. The van der Waals surface area contributed by atoms with E-state index in [0.717, 1.165) is 25.2 Å². The molecule has 0 aliphatic heterocycles. The fourth-order valence-electron chi connectivity index (χ4n) is 1.81. The second-order valence-electron chi connectivity index (χ2n) is 4.78. The molecule has 2 rings (SSSR count). The quantitative estimate of drug-likeness (QED) is 0.612. The standard InChI is InChI=1S/C12H21N5O2S/c1-3-13-11-8-12(17-9(2)16-11)14-6-7-15-20(18,19)10-4-5-10/h8,10,15H,3-7H2,1-2H3,(H2,13,14,16,17). The van der Waals surface area contributed by atoms with E-state index in [-0.39, 0.29) is 5.25 Å². The molecule has 1 fully saturated rings. The van der Waals surface area contributed by atoms with Gasteiger partial charge in [0.15, 0.2) is 0 Å². The number of aryl methyl sites for hydroxylation is 1. The first-order chi connectivity index (χ1) is 9.51. The molecule has 0 atom stereocenters. The molecule has 1 saturated carbocycles. The van der Waals surface area contributed by atoms with Crippen LogP contribution in [-0.4, -0.2) is 43.3 Å². The molecule has 1 aromatic heterocycles. The number of rotatable bonds is 8. The molecule has 0 saturated heterocycles. The Balaban J connectivity index is 1.81. The van der Waals surface area contributed by atoms with Gasteiger partial charge in [-0.3, -0.25) is 0 Å². The maximum atomic E-state index is 11.6. The van der Waals surface area contributed by atoms with Gasteiger partial charge in [0.25, 0.3) is 0 Å². The molecule has 20 heavy (non-hydrogen) atoms. The van der Waals surface area contributed by atoms with Crippen molar-refractivity contribution in [2.24, 2.45) is 0 Å². The first-order valence-electron chi connectivity index (χ1n) is 6.83. The van der Waals surface area contributed by atoms with Gasteiger partial charge in [-0.2, -0.15) is 0 Å². The van der Waals surface area contributed by atoms with E-state index in [2.05, 4.69) is 25.3 Å². The Kier molecular flexibility index (Phi) is 4.77. The molecule has 112 valence electrons. The molecule has 1 heterocycles. The lowest BCUT2D eigenvalue weighted by Crippen LogP contribution is -2.31. The Labute approximate surface area is 119 Å². The summed E-state index contributed by atoms with van der Waals surface area (Å²) in [5.41, 5.74) is 0. The lowest BCUT2D eigenvalue weighted by atomic mass is 10.4. The predicted octanol–water partition coefficient (Wildman–Crippen LogP) is 0.711. The van der Waals surface area contributed by atoms with Crippen LogP contribution in [0.1, 0.15) is 25.6 Å². The molecule has 1 aliphatic rings. The van der Waals surface area contributed by atoms with Gasteiger partial charge in [-0.05, 0) is 26.7 Å². The molecule has 0 radical (unpaired) electrons. The van der Waals surface area contributed by atoms with E-state index < -0.39 is 10.0 Å². The van der Waals surface area contributed by atoms with Crippen molar-refractivity contribution in [1.82, 2.24) is 14.7 Å². The third kappa shape index (κ3) is 4.31. The number of anilines is 2. The first-order valence-corrected chi connectivity index (χ1v) is 8.38. The second kappa shape index (κ2) is 6.36. The van der Waals surface area contributed by atoms with Crippen molar-refractivity contribution in [3.63, 3.8) is 0 Å². The molecule has 3 N–H and O–H groups in total. The van der Waals surface area contributed by atoms with E-state index in [9.17, 15) is 8.42 Å². The van der Waals surface area contributed by atoms with Crippen LogP contribution in [0.2, 0.25) is 0 Å². The molecule has 0 amide bonds. The maximum absolute atomic E-state index is 11.6. The van der Waals surface area contributed by atoms with Crippen molar-refractivity contribution in [2.45, 2.75) is 31.9 Å². The Hall–Kier alpha value is -1.41. The molecule has 1 aliphatic carbocycles. The van der Waals surface area contributed by atoms with Crippen molar-refractivity contribution >= 4 is 21.7 Å². The van der Waals surface area contributed by atoms with Crippen LogP contribution in [0.15, 0.2) is 6.07 Å². The van der Waals surface area contributed by atoms with Crippen LogP contribution in [-0.2, 0) is 10.0 Å². The van der Waals surface area contributed by atoms with E-state index in [1.807, 2.05) is 19.9 Å². The number of nitrogens with zero attached hydrogens (tertiary/aromatic N) is 2. The van der Waals surface area contributed by atoms with Gasteiger partial charge < -0.3 is 10.6 Å². The Morgan fingerprint density at radius 2 is 1.85 bits per heavy atom. The van der Waals surface area contributed by atoms with Crippen LogP contribution in [0.4, 0.5) is 11.6 Å². The van der Waals surface area contributed by atoms with Crippen LogP contribution in [0.25, 0.3) is 0 Å². The van der Waals surface area contributed by atoms with Crippen LogP contribution in [0.5, 0.6) is 0 Å². The Morgan fingerprint density at radius 3 is 2.45 bits per heavy atom. The number of hydrogen-bond donors (Lipinski definition) is 3. The lowest BCUT2D eigenvalue weighted by Gasteiger charge is -2.10. The summed E-state index contributed by atoms with van der Waals surface area (Å²) in [5, 5.41) is 6.05. The summed E-state index contributed by atoms with van der Waals surface area (Å²) in [5.74, 6) is 2.13. The predicted molar refractivity (Wildman–Crippen MR) is 79.4 cm³/mol. The summed E-state index contributed by atoms with van der Waals surface area (Å²) < 4.78 is 25.8. The molecule has 0 aromatic carbocycles. The summed E-state index contributed by atoms with van der Waals surface area (Å²) in [6.45, 7) is 5.46. The average Bonchev–Trinajstić information content (AvgIpc) is 3.19. The minimum Gasteiger partial charge on any atom is -0.370 e. The Bertz CT molecular complexity index is 557. The molecule has 7 nitrogen and oxygen atoms in total. The third-order valence-corrected chi connectivity index (χ3v) is 4.85. The zero-order valence-electron chi connectivity index (χ0n) is 11.8. The number of nitrogens with one attached hydrogen (secondary N) is 3. The van der Waals surface area contributed by atoms with Crippen LogP contribution >= 0.6 is 0 Å². The van der Waals surface area contributed by atoms with Crippen molar-refractivity contribution in [2.75, 3.05) is 30.3 Å². The summed E-state index contributed by atoms with van der Waals surface area (Å²) in [7, 11) is -3.10. The minimum atomic E-state index is -3.10. The highest BCUT2D eigenvalue weighted by molar-refractivity contribution is 7.90. The summed E-state index contributed by atoms with van der Waals surface area (Å²) in [6.07, 6.45) is 1.56. The topological polar surface area (TPSA) is 96.0 Å². The highest BCUT2D eigenvalue weighted by atomic mass is 32.2. The van der Waals surface area contributed by atoms with Crippen molar-refractivity contribution in [3.8, 4) is 0 Å². The molecule has 0 unspecified atom stereocenters. The highest BCUT2D eigenvalue weighted by Gasteiger charge is 2.35. The van der Waals surface area contributed by atoms with Gasteiger partial charge in [-0.15, -0.1) is 0 Å². The largest absolute Gasteiger partial charge is 0.370 e. The Morgan fingerprint density at radius 1 is 1.20 bits per heavy atom. The van der Waals surface area contributed by atoms with Crippen LogP contribution in [0.3, 0.4) is 0 Å². The second-order valence-corrected chi connectivity index (χ2v) is 6.83. The fraction of sp³-hybridized carbons (Fsp3) is 0.667. The van der Waals surface area contributed by atoms with Gasteiger partial charge in [0.1, 0.15) is 17.5 Å². The molecule has 1 aromatic rings. The summed E-state index contributed by atoms with van der Waals surface area (Å²) >= 11 is 0. The number of hydrogen-bond acceptors (Lipinski definition) is 6. The summed E-state index contributed by atoms with van der Waals surface area (Å²) in [4.78, 5) is 8.51. The first kappa shape index (κ1) is 15.0. The van der Waals surface area contributed by atoms with E-state index in [0.29, 0.717) is 24.7 Å². The number of aromatic nitrogens is 2. The zero-order chi connectivity index (χ0) is 14.6. The monoisotopic (exact) mass is 299 g/mol.